The van der Waals surface area contributed by atoms with Crippen LogP contribution in [0.3, 0.4) is 0 Å². The lowest BCUT2D eigenvalue weighted by Crippen LogP contribution is -2.39. The summed E-state index contributed by atoms with van der Waals surface area (Å²) in [6.45, 7) is 0.492. The molecule has 198 valence electrons. The molecule has 1 saturated carbocycles. The minimum Gasteiger partial charge on any atom is -0.352 e. The third-order valence-corrected chi connectivity index (χ3v) is 7.70. The number of nitrogens with one attached hydrogen (secondary N) is 2. The van der Waals surface area contributed by atoms with Gasteiger partial charge in [-0.2, -0.15) is 0 Å². The Bertz CT molecular complexity index is 1440. The average Bonchev–Trinajstić information content (AvgIpc) is 3.41. The fraction of sp³-hybridized carbons (Fsp3) is 0.259. The van der Waals surface area contributed by atoms with Crippen molar-refractivity contribution in [1.82, 2.24) is 10.6 Å². The molecule has 0 bridgehead atoms. The first-order chi connectivity index (χ1) is 18.1. The van der Waals surface area contributed by atoms with Gasteiger partial charge in [-0.3, -0.25) is 19.7 Å². The molecule has 2 unspecified atom stereocenters. The number of sulfonamides is 1. The lowest BCUT2D eigenvalue weighted by Gasteiger charge is -2.19. The molecule has 38 heavy (non-hydrogen) atoms. The quantitative estimate of drug-likeness (QED) is 0.281. The number of carbonyl (C=O) groups excluding carboxylic acids is 2. The van der Waals surface area contributed by atoms with Crippen LogP contribution in [-0.4, -0.2) is 25.2 Å². The number of hydrogen-bond acceptors (Lipinski definition) is 6. The van der Waals surface area contributed by atoms with E-state index in [4.69, 9.17) is 5.14 Å². The van der Waals surface area contributed by atoms with E-state index in [2.05, 4.69) is 10.6 Å². The highest BCUT2D eigenvalue weighted by atomic mass is 32.2. The highest BCUT2D eigenvalue weighted by Gasteiger charge is 2.37. The van der Waals surface area contributed by atoms with Crippen LogP contribution in [0.15, 0.2) is 77.7 Å². The lowest BCUT2D eigenvalue weighted by molar-refractivity contribution is -0.384. The van der Waals surface area contributed by atoms with E-state index in [1.807, 2.05) is 0 Å². The van der Waals surface area contributed by atoms with E-state index in [-0.39, 0.29) is 35.5 Å². The Labute approximate surface area is 220 Å². The predicted molar refractivity (Wildman–Crippen MR) is 141 cm³/mol. The molecule has 11 heteroatoms. The maximum Gasteiger partial charge on any atom is 0.269 e. The number of nitro benzene ring substituents is 1. The number of amides is 2. The van der Waals surface area contributed by atoms with E-state index < -0.39 is 26.8 Å². The molecule has 4 N–H and O–H groups in total. The van der Waals surface area contributed by atoms with Crippen molar-refractivity contribution in [3.8, 4) is 11.1 Å². The molecule has 0 heterocycles. The van der Waals surface area contributed by atoms with E-state index >= 15 is 0 Å². The zero-order valence-electron chi connectivity index (χ0n) is 20.5. The fourth-order valence-electron chi connectivity index (χ4n) is 4.72. The Kier molecular flexibility index (Phi) is 8.18. The summed E-state index contributed by atoms with van der Waals surface area (Å²) in [5.41, 5.74) is 2.73. The standard InChI is InChI=1S/C27H28N4O6S/c28-38(36,37)25-7-2-1-4-22(25)20-12-8-18(9-13-20)16-29-26(32)23-5-3-6-24(23)27(33)30-17-19-10-14-21(15-11-19)31(34)35/h1-2,4,7-15,23-24H,3,5-6,16-17H2,(H,29,32)(H,30,33)(H2,28,36,37). The number of nitrogens with zero attached hydrogens (tertiary/aromatic N) is 1. The molecular formula is C27H28N4O6S. The van der Waals surface area contributed by atoms with E-state index in [1.54, 1.807) is 54.6 Å². The molecule has 0 saturated heterocycles. The minimum absolute atomic E-state index is 0.0180. The van der Waals surface area contributed by atoms with Crippen LogP contribution in [0.4, 0.5) is 5.69 Å². The van der Waals surface area contributed by atoms with E-state index in [9.17, 15) is 28.1 Å². The van der Waals surface area contributed by atoms with Crippen molar-refractivity contribution in [1.29, 1.82) is 0 Å². The Morgan fingerprint density at radius 3 is 1.84 bits per heavy atom. The summed E-state index contributed by atoms with van der Waals surface area (Å²) >= 11 is 0. The Morgan fingerprint density at radius 2 is 1.34 bits per heavy atom. The highest BCUT2D eigenvalue weighted by molar-refractivity contribution is 7.89. The molecule has 1 fully saturated rings. The van der Waals surface area contributed by atoms with E-state index in [1.165, 1.54) is 18.2 Å². The van der Waals surface area contributed by atoms with Gasteiger partial charge in [0.25, 0.3) is 5.69 Å². The third kappa shape index (κ3) is 6.42. The summed E-state index contributed by atoms with van der Waals surface area (Å²) in [7, 11) is -3.87. The van der Waals surface area contributed by atoms with Crippen LogP contribution >= 0.6 is 0 Å². The van der Waals surface area contributed by atoms with Crippen molar-refractivity contribution in [2.45, 2.75) is 37.2 Å². The molecule has 4 rings (SSSR count). The molecule has 2 amide bonds. The van der Waals surface area contributed by atoms with Crippen LogP contribution in [0.5, 0.6) is 0 Å². The maximum atomic E-state index is 12.9. The topological polar surface area (TPSA) is 162 Å². The summed E-state index contributed by atoms with van der Waals surface area (Å²) in [5, 5.41) is 21.9. The van der Waals surface area contributed by atoms with Gasteiger partial charge < -0.3 is 10.6 Å². The SMILES string of the molecule is NS(=O)(=O)c1ccccc1-c1ccc(CNC(=O)C2CCCC2C(=O)NCc2ccc([N+](=O)[O-])cc2)cc1. The van der Waals surface area contributed by atoms with Gasteiger partial charge in [-0.15, -0.1) is 0 Å². The van der Waals surface area contributed by atoms with Gasteiger partial charge in [-0.05, 0) is 35.6 Å². The first-order valence-electron chi connectivity index (χ1n) is 12.1. The van der Waals surface area contributed by atoms with E-state index in [0.717, 1.165) is 17.5 Å². The van der Waals surface area contributed by atoms with Crippen molar-refractivity contribution in [3.05, 3.63) is 94.0 Å². The second kappa shape index (κ2) is 11.5. The molecule has 0 spiro atoms. The molecule has 1 aliphatic carbocycles. The Hall–Kier alpha value is -4.09. The van der Waals surface area contributed by atoms with Crippen molar-refractivity contribution in [2.24, 2.45) is 17.0 Å². The maximum absolute atomic E-state index is 12.9. The molecule has 0 aromatic heterocycles. The van der Waals surface area contributed by atoms with Crippen LogP contribution in [0.2, 0.25) is 0 Å². The van der Waals surface area contributed by atoms with Gasteiger partial charge in [0.1, 0.15) is 0 Å². The van der Waals surface area contributed by atoms with Gasteiger partial charge in [-0.25, -0.2) is 13.6 Å². The summed E-state index contributed by atoms with van der Waals surface area (Å²) < 4.78 is 23.8. The molecule has 1 aliphatic rings. The number of nitrogens with two attached hydrogens (primary N) is 1. The number of nitro groups is 1. The second-order valence-corrected chi connectivity index (χ2v) is 10.8. The molecule has 2 atom stereocenters. The molecule has 10 nitrogen and oxygen atoms in total. The molecular weight excluding hydrogens is 508 g/mol. The second-order valence-electron chi connectivity index (χ2n) is 9.24. The van der Waals surface area contributed by atoms with Crippen molar-refractivity contribution in [2.75, 3.05) is 0 Å². The molecule has 0 aliphatic heterocycles. The van der Waals surface area contributed by atoms with Gasteiger partial charge in [0.05, 0.1) is 9.82 Å². The molecule has 3 aromatic rings. The zero-order valence-corrected chi connectivity index (χ0v) is 21.3. The lowest BCUT2D eigenvalue weighted by atomic mass is 9.94. The number of benzene rings is 3. The fourth-order valence-corrected chi connectivity index (χ4v) is 5.48. The van der Waals surface area contributed by atoms with Crippen LogP contribution in [0.1, 0.15) is 30.4 Å². The Morgan fingerprint density at radius 1 is 0.842 bits per heavy atom. The largest absolute Gasteiger partial charge is 0.352 e. The van der Waals surface area contributed by atoms with Crippen molar-refractivity contribution >= 4 is 27.5 Å². The number of primary sulfonamides is 1. The average molecular weight is 537 g/mol. The number of non-ortho nitro benzene ring substituents is 1. The van der Waals surface area contributed by atoms with Crippen molar-refractivity contribution in [3.63, 3.8) is 0 Å². The van der Waals surface area contributed by atoms with Gasteiger partial charge in [0, 0.05) is 42.6 Å². The van der Waals surface area contributed by atoms with Gasteiger partial charge in [-0.1, -0.05) is 61.0 Å². The van der Waals surface area contributed by atoms with Crippen LogP contribution in [-0.2, 0) is 32.7 Å². The summed E-state index contributed by atoms with van der Waals surface area (Å²) in [6, 6.07) is 19.6. The minimum atomic E-state index is -3.87. The first kappa shape index (κ1) is 27.0. The molecule has 0 radical (unpaired) electrons. The van der Waals surface area contributed by atoms with Crippen LogP contribution < -0.4 is 15.8 Å². The first-order valence-corrected chi connectivity index (χ1v) is 13.7. The number of hydrogen-bond donors (Lipinski definition) is 3. The summed E-state index contributed by atoms with van der Waals surface area (Å²) in [5.74, 6) is -1.28. The normalized spacial score (nSPS) is 17.1. The summed E-state index contributed by atoms with van der Waals surface area (Å²) in [4.78, 5) is 36.1. The Balaban J connectivity index is 1.33. The zero-order chi connectivity index (χ0) is 27.3. The number of carbonyl (C=O) groups is 2. The van der Waals surface area contributed by atoms with Crippen molar-refractivity contribution < 1.29 is 22.9 Å². The summed E-state index contributed by atoms with van der Waals surface area (Å²) in [6.07, 6.45) is 2.00. The smallest absolute Gasteiger partial charge is 0.269 e. The highest BCUT2D eigenvalue weighted by Crippen LogP contribution is 2.32. The number of rotatable bonds is 9. The third-order valence-electron chi connectivity index (χ3n) is 6.73. The van der Waals surface area contributed by atoms with Gasteiger partial charge in [0.2, 0.25) is 21.8 Å². The van der Waals surface area contributed by atoms with Gasteiger partial charge >= 0.3 is 0 Å². The van der Waals surface area contributed by atoms with Crippen LogP contribution in [0.25, 0.3) is 11.1 Å². The van der Waals surface area contributed by atoms with Gasteiger partial charge in [0.15, 0.2) is 0 Å². The molecule has 3 aromatic carbocycles. The van der Waals surface area contributed by atoms with E-state index in [0.29, 0.717) is 24.0 Å². The predicted octanol–water partition coefficient (Wildman–Crippen LogP) is 3.26. The van der Waals surface area contributed by atoms with Crippen LogP contribution in [0, 0.1) is 22.0 Å². The monoisotopic (exact) mass is 536 g/mol.